The van der Waals surface area contributed by atoms with Gasteiger partial charge in [-0.2, -0.15) is 0 Å². The zero-order chi connectivity index (χ0) is 25.3. The monoisotopic (exact) mass is 471 g/mol. The molecule has 2 aromatic rings. The quantitative estimate of drug-likeness (QED) is 0.372. The fourth-order valence-corrected chi connectivity index (χ4v) is 3.48. The van der Waals surface area contributed by atoms with Crippen molar-refractivity contribution in [1.29, 1.82) is 0 Å². The Hall–Kier alpha value is -3.62. The second-order valence-electron chi connectivity index (χ2n) is 8.45. The first-order valence-corrected chi connectivity index (χ1v) is 11.2. The molecule has 0 unspecified atom stereocenters. The van der Waals surface area contributed by atoms with Crippen molar-refractivity contribution in [2.75, 3.05) is 20.3 Å². The van der Waals surface area contributed by atoms with Crippen LogP contribution in [0.2, 0.25) is 0 Å². The summed E-state index contributed by atoms with van der Waals surface area (Å²) in [5, 5.41) is 14.0. The van der Waals surface area contributed by atoms with Gasteiger partial charge in [0, 0.05) is 25.2 Å². The third-order valence-corrected chi connectivity index (χ3v) is 5.22. The van der Waals surface area contributed by atoms with Crippen LogP contribution < -0.4 is 14.8 Å². The second kappa shape index (κ2) is 12.6. The van der Waals surface area contributed by atoms with E-state index in [0.29, 0.717) is 13.0 Å². The molecule has 0 aliphatic heterocycles. The third-order valence-electron chi connectivity index (χ3n) is 5.22. The highest BCUT2D eigenvalue weighted by atomic mass is 16.6. The van der Waals surface area contributed by atoms with Gasteiger partial charge in [-0.1, -0.05) is 50.6 Å². The molecule has 0 saturated carbocycles. The smallest absolute Gasteiger partial charge is 0.311 e. The van der Waals surface area contributed by atoms with Crippen molar-refractivity contribution in [3.8, 4) is 11.5 Å². The number of carbonyl (C=O) groups excluding carboxylic acids is 2. The van der Waals surface area contributed by atoms with Crippen molar-refractivity contribution in [2.24, 2.45) is 5.92 Å². The molecule has 1 atom stereocenters. The molecule has 0 radical (unpaired) electrons. The van der Waals surface area contributed by atoms with Gasteiger partial charge in [-0.25, -0.2) is 0 Å². The minimum Gasteiger partial charge on any atom is -0.490 e. The van der Waals surface area contributed by atoms with E-state index in [1.165, 1.54) is 30.2 Å². The Balaban J connectivity index is 2.24. The Bertz CT molecular complexity index is 1010. The van der Waals surface area contributed by atoms with Crippen molar-refractivity contribution in [2.45, 2.75) is 46.7 Å². The Morgan fingerprint density at radius 2 is 1.91 bits per heavy atom. The summed E-state index contributed by atoms with van der Waals surface area (Å²) in [6.45, 7) is 8.26. The average molecular weight is 472 g/mol. The minimum atomic E-state index is -0.665. The van der Waals surface area contributed by atoms with Gasteiger partial charge in [0.1, 0.15) is 11.8 Å². The van der Waals surface area contributed by atoms with Crippen molar-refractivity contribution in [3.63, 3.8) is 0 Å². The lowest BCUT2D eigenvalue weighted by atomic mass is 10.1. The summed E-state index contributed by atoms with van der Waals surface area (Å²) in [5.74, 6) is -0.0166. The highest BCUT2D eigenvalue weighted by Gasteiger charge is 2.29. The molecule has 9 nitrogen and oxygen atoms in total. The van der Waals surface area contributed by atoms with E-state index in [0.717, 1.165) is 11.1 Å². The SMILES string of the molecule is CC[C@@H](C(=O)NCC(C)C)N(Cc1cccc(C)c1)C(=O)COc1ccc([N+](=O)[O-])c(OC)c1. The number of nitrogens with one attached hydrogen (secondary N) is 1. The largest absolute Gasteiger partial charge is 0.490 e. The molecule has 9 heteroatoms. The van der Waals surface area contributed by atoms with E-state index in [1.54, 1.807) is 0 Å². The topological polar surface area (TPSA) is 111 Å². The summed E-state index contributed by atoms with van der Waals surface area (Å²) in [5.41, 5.74) is 1.76. The summed E-state index contributed by atoms with van der Waals surface area (Å²) in [7, 11) is 1.32. The van der Waals surface area contributed by atoms with Gasteiger partial charge in [0.25, 0.3) is 5.91 Å². The van der Waals surface area contributed by atoms with Gasteiger partial charge >= 0.3 is 5.69 Å². The lowest BCUT2D eigenvalue weighted by Gasteiger charge is -2.31. The van der Waals surface area contributed by atoms with Gasteiger partial charge in [0.05, 0.1) is 12.0 Å². The maximum absolute atomic E-state index is 13.3. The minimum absolute atomic E-state index is 0.0334. The molecule has 0 spiro atoms. The van der Waals surface area contributed by atoms with Crippen molar-refractivity contribution >= 4 is 17.5 Å². The Morgan fingerprint density at radius 3 is 2.50 bits per heavy atom. The molecule has 0 saturated heterocycles. The number of ether oxygens (including phenoxy) is 2. The highest BCUT2D eigenvalue weighted by Crippen LogP contribution is 2.30. The summed E-state index contributed by atoms with van der Waals surface area (Å²) < 4.78 is 10.7. The van der Waals surface area contributed by atoms with E-state index in [4.69, 9.17) is 9.47 Å². The summed E-state index contributed by atoms with van der Waals surface area (Å²) >= 11 is 0. The number of nitro benzene ring substituents is 1. The van der Waals surface area contributed by atoms with Gasteiger partial charge in [0.15, 0.2) is 6.61 Å². The van der Waals surface area contributed by atoms with E-state index in [9.17, 15) is 19.7 Å². The molecule has 2 aromatic carbocycles. The van der Waals surface area contributed by atoms with E-state index < -0.39 is 11.0 Å². The molecule has 0 aliphatic rings. The molecular weight excluding hydrogens is 438 g/mol. The predicted octanol–water partition coefficient (Wildman–Crippen LogP) is 3.87. The summed E-state index contributed by atoms with van der Waals surface area (Å²) in [4.78, 5) is 38.2. The van der Waals surface area contributed by atoms with Crippen LogP contribution in [0.1, 0.15) is 38.3 Å². The molecule has 0 bridgehead atoms. The van der Waals surface area contributed by atoms with Gasteiger partial charge in [-0.3, -0.25) is 19.7 Å². The number of methoxy groups -OCH3 is 1. The van der Waals surface area contributed by atoms with Crippen LogP contribution in [0.15, 0.2) is 42.5 Å². The molecule has 0 aliphatic carbocycles. The molecule has 0 heterocycles. The third kappa shape index (κ3) is 7.47. The maximum atomic E-state index is 13.3. The molecule has 2 amide bonds. The number of rotatable bonds is 12. The molecule has 0 fully saturated rings. The first-order chi connectivity index (χ1) is 16.2. The predicted molar refractivity (Wildman–Crippen MR) is 129 cm³/mol. The zero-order valence-corrected chi connectivity index (χ0v) is 20.4. The van der Waals surface area contributed by atoms with Crippen LogP contribution in [0.3, 0.4) is 0 Å². The van der Waals surface area contributed by atoms with Crippen LogP contribution in [0, 0.1) is 23.0 Å². The van der Waals surface area contributed by atoms with Crippen LogP contribution in [-0.4, -0.2) is 47.9 Å². The number of amides is 2. The first-order valence-electron chi connectivity index (χ1n) is 11.2. The zero-order valence-electron chi connectivity index (χ0n) is 20.4. The number of aryl methyl sites for hydroxylation is 1. The number of nitro groups is 1. The molecule has 34 heavy (non-hydrogen) atoms. The van der Waals surface area contributed by atoms with E-state index in [2.05, 4.69) is 5.32 Å². The van der Waals surface area contributed by atoms with Gasteiger partial charge in [0.2, 0.25) is 11.7 Å². The lowest BCUT2D eigenvalue weighted by Crippen LogP contribution is -2.50. The fraction of sp³-hybridized carbons (Fsp3) is 0.440. The molecule has 0 aromatic heterocycles. The maximum Gasteiger partial charge on any atom is 0.311 e. The number of hydrogen-bond acceptors (Lipinski definition) is 6. The standard InChI is InChI=1S/C25H33N3O6/c1-6-21(25(30)26-14-17(2)3)27(15-19-9-7-8-18(4)12-19)24(29)16-34-20-10-11-22(28(31)32)23(13-20)33-5/h7-13,17,21H,6,14-16H2,1-5H3,(H,26,30)/t21-/m0/s1. The molecule has 2 rings (SSSR count). The number of hydrogen-bond donors (Lipinski definition) is 1. The fourth-order valence-electron chi connectivity index (χ4n) is 3.48. The van der Waals surface area contributed by atoms with Gasteiger partial charge < -0.3 is 19.7 Å². The molecule has 1 N–H and O–H groups in total. The van der Waals surface area contributed by atoms with E-state index in [1.807, 2.05) is 52.0 Å². The normalized spacial score (nSPS) is 11.6. The Labute approximate surface area is 200 Å². The van der Waals surface area contributed by atoms with Gasteiger partial charge in [-0.05, 0) is 30.9 Å². The Morgan fingerprint density at radius 1 is 1.18 bits per heavy atom. The van der Waals surface area contributed by atoms with Gasteiger partial charge in [-0.15, -0.1) is 0 Å². The Kier molecular flexibility index (Phi) is 9.85. The molecular formula is C25H33N3O6. The lowest BCUT2D eigenvalue weighted by molar-refractivity contribution is -0.385. The number of benzene rings is 2. The van der Waals surface area contributed by atoms with Crippen LogP contribution in [0.4, 0.5) is 5.69 Å². The van der Waals surface area contributed by atoms with Crippen LogP contribution in [-0.2, 0) is 16.1 Å². The van der Waals surface area contributed by atoms with E-state index >= 15 is 0 Å². The van der Waals surface area contributed by atoms with Crippen molar-refractivity contribution in [3.05, 3.63) is 63.7 Å². The highest BCUT2D eigenvalue weighted by molar-refractivity contribution is 5.88. The van der Waals surface area contributed by atoms with Crippen molar-refractivity contribution < 1.29 is 24.0 Å². The molecule has 184 valence electrons. The summed E-state index contributed by atoms with van der Waals surface area (Å²) in [6, 6.07) is 11.1. The van der Waals surface area contributed by atoms with Crippen LogP contribution in [0.5, 0.6) is 11.5 Å². The number of carbonyl (C=O) groups is 2. The first kappa shape index (κ1) is 26.6. The van der Waals surface area contributed by atoms with E-state index in [-0.39, 0.29) is 48.1 Å². The average Bonchev–Trinajstić information content (AvgIpc) is 2.80. The second-order valence-corrected chi connectivity index (χ2v) is 8.45. The summed E-state index contributed by atoms with van der Waals surface area (Å²) in [6.07, 6.45) is 0.437. The van der Waals surface area contributed by atoms with Crippen LogP contribution in [0.25, 0.3) is 0 Å². The van der Waals surface area contributed by atoms with Crippen LogP contribution >= 0.6 is 0 Å². The number of nitrogens with zero attached hydrogens (tertiary/aromatic N) is 2. The van der Waals surface area contributed by atoms with Crippen molar-refractivity contribution in [1.82, 2.24) is 10.2 Å².